The Morgan fingerprint density at radius 2 is 1.77 bits per heavy atom. The summed E-state index contributed by atoms with van der Waals surface area (Å²) in [6, 6.07) is 17.3. The van der Waals surface area contributed by atoms with Gasteiger partial charge in [-0.1, -0.05) is 30.3 Å². The number of amides is 2. The van der Waals surface area contributed by atoms with Crippen LogP contribution in [0.5, 0.6) is 5.75 Å². The molecule has 2 aromatic carbocycles. The van der Waals surface area contributed by atoms with E-state index in [-0.39, 0.29) is 17.9 Å². The number of nitrogens with zero attached hydrogens (tertiary/aromatic N) is 1. The van der Waals surface area contributed by atoms with E-state index in [1.807, 2.05) is 75.4 Å². The lowest BCUT2D eigenvalue weighted by Crippen LogP contribution is -2.45. The molecule has 0 saturated carbocycles. The van der Waals surface area contributed by atoms with Crippen LogP contribution in [-0.2, 0) is 16.1 Å². The fraction of sp³-hybridized carbons (Fsp3) is 0.417. The second-order valence-electron chi connectivity index (χ2n) is 8.55. The topological polar surface area (TPSA) is 67.9 Å². The number of nitrogens with one attached hydrogen (secondary N) is 1. The first-order valence-electron chi connectivity index (χ1n) is 10.4. The molecule has 2 amide bonds. The molecule has 30 heavy (non-hydrogen) atoms. The molecule has 1 saturated heterocycles. The minimum Gasteiger partial charge on any atom is -0.489 e. The lowest BCUT2D eigenvalue weighted by Gasteiger charge is -2.33. The molecule has 160 valence electrons. The minimum atomic E-state index is -0.545. The summed E-state index contributed by atoms with van der Waals surface area (Å²) >= 11 is 0. The zero-order valence-corrected chi connectivity index (χ0v) is 17.9. The van der Waals surface area contributed by atoms with E-state index in [9.17, 15) is 9.59 Å². The molecule has 1 heterocycles. The van der Waals surface area contributed by atoms with Gasteiger partial charge in [-0.15, -0.1) is 0 Å². The molecule has 1 atom stereocenters. The van der Waals surface area contributed by atoms with E-state index in [0.717, 1.165) is 24.2 Å². The van der Waals surface area contributed by atoms with Gasteiger partial charge in [0.15, 0.2) is 0 Å². The van der Waals surface area contributed by atoms with Gasteiger partial charge in [-0.2, -0.15) is 0 Å². The van der Waals surface area contributed by atoms with Crippen molar-refractivity contribution in [1.82, 2.24) is 4.90 Å². The maximum atomic E-state index is 12.7. The third kappa shape index (κ3) is 6.51. The standard InChI is InChI=1S/C24H30N2O4/c1-24(2,3)30-23(28)26-15-7-10-19(16-26)22(27)25-20-11-13-21(14-12-20)29-17-18-8-5-4-6-9-18/h4-6,8-9,11-14,19H,7,10,15-17H2,1-3H3,(H,25,27). The lowest BCUT2D eigenvalue weighted by molar-refractivity contribution is -0.121. The second kappa shape index (κ2) is 9.65. The highest BCUT2D eigenvalue weighted by molar-refractivity contribution is 5.93. The Morgan fingerprint density at radius 3 is 2.43 bits per heavy atom. The van der Waals surface area contributed by atoms with Crippen molar-refractivity contribution in [1.29, 1.82) is 0 Å². The highest BCUT2D eigenvalue weighted by Crippen LogP contribution is 2.22. The van der Waals surface area contributed by atoms with E-state index in [0.29, 0.717) is 25.4 Å². The van der Waals surface area contributed by atoms with Crippen LogP contribution < -0.4 is 10.1 Å². The number of hydrogen-bond donors (Lipinski definition) is 1. The average Bonchev–Trinajstić information content (AvgIpc) is 2.73. The predicted molar refractivity (Wildman–Crippen MR) is 116 cm³/mol. The third-order valence-electron chi connectivity index (χ3n) is 4.81. The van der Waals surface area contributed by atoms with Crippen LogP contribution in [0.4, 0.5) is 10.5 Å². The Balaban J connectivity index is 1.50. The van der Waals surface area contributed by atoms with Crippen molar-refractivity contribution < 1.29 is 19.1 Å². The van der Waals surface area contributed by atoms with Crippen molar-refractivity contribution >= 4 is 17.7 Å². The number of anilines is 1. The number of carbonyl (C=O) groups is 2. The van der Waals surface area contributed by atoms with Gasteiger partial charge >= 0.3 is 6.09 Å². The van der Waals surface area contributed by atoms with Crippen molar-refractivity contribution in [3.63, 3.8) is 0 Å². The Hall–Kier alpha value is -3.02. The summed E-state index contributed by atoms with van der Waals surface area (Å²) in [5, 5.41) is 2.95. The predicted octanol–water partition coefficient (Wildman–Crippen LogP) is 4.85. The van der Waals surface area contributed by atoms with Crippen molar-refractivity contribution in [3.8, 4) is 5.75 Å². The van der Waals surface area contributed by atoms with Crippen LogP contribution in [0.3, 0.4) is 0 Å². The minimum absolute atomic E-state index is 0.0822. The smallest absolute Gasteiger partial charge is 0.410 e. The lowest BCUT2D eigenvalue weighted by atomic mass is 9.97. The van der Waals surface area contributed by atoms with Crippen LogP contribution in [0.1, 0.15) is 39.2 Å². The van der Waals surface area contributed by atoms with Crippen LogP contribution in [0.25, 0.3) is 0 Å². The zero-order valence-electron chi connectivity index (χ0n) is 17.9. The van der Waals surface area contributed by atoms with E-state index in [1.54, 1.807) is 4.90 Å². The molecule has 1 N–H and O–H groups in total. The Bertz CT molecular complexity index is 844. The Labute approximate surface area is 178 Å². The molecule has 0 aliphatic carbocycles. The van der Waals surface area contributed by atoms with Crippen LogP contribution in [0.15, 0.2) is 54.6 Å². The van der Waals surface area contributed by atoms with Gasteiger partial charge in [0.05, 0.1) is 5.92 Å². The SMILES string of the molecule is CC(C)(C)OC(=O)N1CCCC(C(=O)Nc2ccc(OCc3ccccc3)cc2)C1. The van der Waals surface area contributed by atoms with Gasteiger partial charge < -0.3 is 19.7 Å². The molecular formula is C24H30N2O4. The molecule has 1 aliphatic heterocycles. The second-order valence-corrected chi connectivity index (χ2v) is 8.55. The summed E-state index contributed by atoms with van der Waals surface area (Å²) in [5.41, 5.74) is 1.26. The number of likely N-dealkylation sites (tertiary alicyclic amines) is 1. The molecule has 6 heteroatoms. The van der Waals surface area contributed by atoms with Crippen LogP contribution in [-0.4, -0.2) is 35.6 Å². The highest BCUT2D eigenvalue weighted by atomic mass is 16.6. The Kier molecular flexibility index (Phi) is 6.98. The number of ether oxygens (including phenoxy) is 2. The largest absolute Gasteiger partial charge is 0.489 e. The van der Waals surface area contributed by atoms with Crippen LogP contribution >= 0.6 is 0 Å². The van der Waals surface area contributed by atoms with Gasteiger partial charge in [-0.3, -0.25) is 4.79 Å². The molecular weight excluding hydrogens is 380 g/mol. The maximum absolute atomic E-state index is 12.7. The number of benzene rings is 2. The molecule has 0 radical (unpaired) electrons. The molecule has 2 aromatic rings. The van der Waals surface area contributed by atoms with Crippen LogP contribution in [0, 0.1) is 5.92 Å². The molecule has 1 unspecified atom stereocenters. The summed E-state index contributed by atoms with van der Waals surface area (Å²) in [6.07, 6.45) is 1.17. The van der Waals surface area contributed by atoms with Gasteiger partial charge in [0.2, 0.25) is 5.91 Å². The van der Waals surface area contributed by atoms with Gasteiger partial charge in [-0.25, -0.2) is 4.79 Å². The Morgan fingerprint density at radius 1 is 1.07 bits per heavy atom. The van der Waals surface area contributed by atoms with E-state index in [1.165, 1.54) is 0 Å². The molecule has 0 aromatic heterocycles. The molecule has 6 nitrogen and oxygen atoms in total. The fourth-order valence-electron chi connectivity index (χ4n) is 3.30. The zero-order chi connectivity index (χ0) is 21.6. The summed E-state index contributed by atoms with van der Waals surface area (Å²) in [4.78, 5) is 26.6. The quantitative estimate of drug-likeness (QED) is 0.765. The first-order valence-corrected chi connectivity index (χ1v) is 10.4. The van der Waals surface area contributed by atoms with E-state index in [4.69, 9.17) is 9.47 Å². The van der Waals surface area contributed by atoms with Gasteiger partial charge in [-0.05, 0) is 63.4 Å². The number of piperidine rings is 1. The van der Waals surface area contributed by atoms with Crippen LogP contribution in [0.2, 0.25) is 0 Å². The summed E-state index contributed by atoms with van der Waals surface area (Å²) in [7, 11) is 0. The number of hydrogen-bond acceptors (Lipinski definition) is 4. The monoisotopic (exact) mass is 410 g/mol. The fourth-order valence-corrected chi connectivity index (χ4v) is 3.30. The van der Waals surface area contributed by atoms with Gasteiger partial charge in [0, 0.05) is 18.8 Å². The molecule has 3 rings (SSSR count). The van der Waals surface area contributed by atoms with Crippen molar-refractivity contribution in [2.24, 2.45) is 5.92 Å². The normalized spacial score (nSPS) is 16.6. The highest BCUT2D eigenvalue weighted by Gasteiger charge is 2.31. The average molecular weight is 411 g/mol. The summed E-state index contributed by atoms with van der Waals surface area (Å²) in [6.45, 7) is 7.01. The van der Waals surface area contributed by atoms with Crippen molar-refractivity contribution in [2.45, 2.75) is 45.8 Å². The first-order chi connectivity index (χ1) is 14.3. The maximum Gasteiger partial charge on any atom is 0.410 e. The van der Waals surface area contributed by atoms with Gasteiger partial charge in [0.1, 0.15) is 18.0 Å². The molecule has 0 bridgehead atoms. The third-order valence-corrected chi connectivity index (χ3v) is 4.81. The summed E-state index contributed by atoms with van der Waals surface area (Å²) < 4.78 is 11.2. The number of carbonyl (C=O) groups excluding carboxylic acids is 2. The molecule has 1 fully saturated rings. The van der Waals surface area contributed by atoms with Crippen molar-refractivity contribution in [2.75, 3.05) is 18.4 Å². The van der Waals surface area contributed by atoms with E-state index in [2.05, 4.69) is 5.32 Å². The number of rotatable bonds is 5. The van der Waals surface area contributed by atoms with Crippen molar-refractivity contribution in [3.05, 3.63) is 60.2 Å². The molecule has 1 aliphatic rings. The van der Waals surface area contributed by atoms with Gasteiger partial charge in [0.25, 0.3) is 0 Å². The van der Waals surface area contributed by atoms with E-state index < -0.39 is 5.60 Å². The van der Waals surface area contributed by atoms with E-state index >= 15 is 0 Å². The summed E-state index contributed by atoms with van der Waals surface area (Å²) in [5.74, 6) is 0.409. The molecule has 0 spiro atoms. The first kappa shape index (κ1) is 21.7.